The predicted octanol–water partition coefficient (Wildman–Crippen LogP) is 5.03. The van der Waals surface area contributed by atoms with Crippen LogP contribution in [0.25, 0.3) is 22.4 Å². The van der Waals surface area contributed by atoms with Gasteiger partial charge in [-0.3, -0.25) is 0 Å². The first-order valence-corrected chi connectivity index (χ1v) is 7.64. The molecule has 1 N–H and O–H groups in total. The van der Waals surface area contributed by atoms with Gasteiger partial charge < -0.3 is 9.52 Å². The third-order valence-corrected chi connectivity index (χ3v) is 4.28. The van der Waals surface area contributed by atoms with Crippen LogP contribution in [0.1, 0.15) is 15.9 Å². The average Bonchev–Trinajstić information content (AvgIpc) is 2.91. The molecule has 0 saturated heterocycles. The van der Waals surface area contributed by atoms with E-state index in [9.17, 15) is 9.90 Å². The molecule has 0 atom stereocenters. The molecule has 0 saturated carbocycles. The van der Waals surface area contributed by atoms with Gasteiger partial charge in [0, 0.05) is 14.3 Å². The van der Waals surface area contributed by atoms with Crippen molar-refractivity contribution >= 4 is 48.7 Å². The number of nitrogens with zero attached hydrogens (tertiary/aromatic N) is 1. The number of rotatable bonds is 2. The number of aromatic nitrogens is 1. The highest BCUT2D eigenvalue weighted by atomic mass is 79.9. The fourth-order valence-electron chi connectivity index (χ4n) is 2.32. The Kier molecular flexibility index (Phi) is 3.59. The Balaban J connectivity index is 2.48. The van der Waals surface area contributed by atoms with Crippen LogP contribution in [-0.4, -0.2) is 16.1 Å². The van der Waals surface area contributed by atoms with Crippen LogP contribution in [0, 0.1) is 6.92 Å². The van der Waals surface area contributed by atoms with Crippen molar-refractivity contribution in [3.8, 4) is 11.5 Å². The molecule has 0 aliphatic carbocycles. The summed E-state index contributed by atoms with van der Waals surface area (Å²) in [5.74, 6) is -0.440. The number of hydrogen-bond donors (Lipinski definition) is 1. The molecule has 0 unspecified atom stereocenters. The highest BCUT2D eigenvalue weighted by molar-refractivity contribution is 9.11. The fraction of sp³-hybridized carbons (Fsp3) is 0.0667. The van der Waals surface area contributed by atoms with Gasteiger partial charge in [-0.1, -0.05) is 15.9 Å². The van der Waals surface area contributed by atoms with E-state index >= 15 is 0 Å². The molecule has 1 aromatic carbocycles. The third-order valence-electron chi connectivity index (χ3n) is 3.22. The second-order valence-electron chi connectivity index (χ2n) is 4.53. The number of fused-ring (bicyclic) bond motifs is 1. The first-order valence-electron chi connectivity index (χ1n) is 6.05. The SMILES string of the molecule is Cc1c(-c2ccco2)nc2c(Br)cc(Br)cc2c1C(=O)O. The third kappa shape index (κ3) is 2.38. The molecule has 0 bridgehead atoms. The van der Waals surface area contributed by atoms with E-state index in [1.807, 2.05) is 6.07 Å². The van der Waals surface area contributed by atoms with Crippen molar-refractivity contribution < 1.29 is 14.3 Å². The van der Waals surface area contributed by atoms with Crippen LogP contribution in [0.5, 0.6) is 0 Å². The van der Waals surface area contributed by atoms with E-state index < -0.39 is 5.97 Å². The van der Waals surface area contributed by atoms with Gasteiger partial charge in [0.2, 0.25) is 0 Å². The van der Waals surface area contributed by atoms with E-state index in [1.165, 1.54) is 6.26 Å². The second kappa shape index (κ2) is 5.27. The van der Waals surface area contributed by atoms with Gasteiger partial charge in [-0.05, 0) is 52.7 Å². The smallest absolute Gasteiger partial charge is 0.336 e. The normalized spacial score (nSPS) is 11.0. The lowest BCUT2D eigenvalue weighted by molar-refractivity contribution is 0.0698. The maximum absolute atomic E-state index is 11.7. The van der Waals surface area contributed by atoms with E-state index in [2.05, 4.69) is 36.8 Å². The van der Waals surface area contributed by atoms with Crippen molar-refractivity contribution in [1.29, 1.82) is 0 Å². The number of carbonyl (C=O) groups is 1. The molecule has 2 heterocycles. The number of pyridine rings is 1. The van der Waals surface area contributed by atoms with Gasteiger partial charge in [-0.25, -0.2) is 9.78 Å². The number of carboxylic acid groups (broad SMARTS) is 1. The number of hydrogen-bond acceptors (Lipinski definition) is 3. The maximum Gasteiger partial charge on any atom is 0.336 e. The molecule has 0 aliphatic rings. The van der Waals surface area contributed by atoms with Crippen molar-refractivity contribution in [2.24, 2.45) is 0 Å². The Morgan fingerprint density at radius 1 is 1.33 bits per heavy atom. The van der Waals surface area contributed by atoms with Gasteiger partial charge in [0.25, 0.3) is 0 Å². The summed E-state index contributed by atoms with van der Waals surface area (Å²) < 4.78 is 6.88. The van der Waals surface area contributed by atoms with Crippen molar-refractivity contribution in [1.82, 2.24) is 4.98 Å². The van der Waals surface area contributed by atoms with Crippen LogP contribution in [0.2, 0.25) is 0 Å². The largest absolute Gasteiger partial charge is 0.478 e. The first kappa shape index (κ1) is 14.3. The molecule has 3 rings (SSSR count). The zero-order valence-corrected chi connectivity index (χ0v) is 14.0. The Bertz CT molecular complexity index is 857. The summed E-state index contributed by atoms with van der Waals surface area (Å²) in [6.45, 7) is 1.74. The second-order valence-corrected chi connectivity index (χ2v) is 6.30. The molecule has 3 aromatic rings. The summed E-state index contributed by atoms with van der Waals surface area (Å²) in [6, 6.07) is 7.11. The number of aromatic carboxylic acids is 1. The minimum Gasteiger partial charge on any atom is -0.478 e. The number of carboxylic acids is 1. The van der Waals surface area contributed by atoms with Gasteiger partial charge in [-0.2, -0.15) is 0 Å². The van der Waals surface area contributed by atoms with Crippen molar-refractivity contribution in [2.45, 2.75) is 6.92 Å². The van der Waals surface area contributed by atoms with Crippen LogP contribution in [0.15, 0.2) is 43.9 Å². The number of furan rings is 1. The zero-order valence-electron chi connectivity index (χ0n) is 10.9. The van der Waals surface area contributed by atoms with Gasteiger partial charge in [0.15, 0.2) is 5.76 Å². The topological polar surface area (TPSA) is 63.3 Å². The van der Waals surface area contributed by atoms with E-state index in [1.54, 1.807) is 25.1 Å². The van der Waals surface area contributed by atoms with Crippen molar-refractivity contribution in [3.63, 3.8) is 0 Å². The zero-order chi connectivity index (χ0) is 15.1. The molecular weight excluding hydrogens is 402 g/mol. The summed E-state index contributed by atoms with van der Waals surface area (Å²) in [5, 5.41) is 10.2. The molecule has 4 nitrogen and oxygen atoms in total. The summed E-state index contributed by atoms with van der Waals surface area (Å²) in [5.41, 5.74) is 1.93. The highest BCUT2D eigenvalue weighted by Gasteiger charge is 2.21. The lowest BCUT2D eigenvalue weighted by atomic mass is 10.0. The number of halogens is 2. The maximum atomic E-state index is 11.7. The molecule has 0 amide bonds. The monoisotopic (exact) mass is 409 g/mol. The summed E-state index contributed by atoms with van der Waals surface area (Å²) in [7, 11) is 0. The van der Waals surface area contributed by atoms with Gasteiger partial charge in [0.05, 0.1) is 17.3 Å². The summed E-state index contributed by atoms with van der Waals surface area (Å²) in [6.07, 6.45) is 1.54. The standard InChI is InChI=1S/C15H9Br2NO3/c1-7-12(15(19)20)9-5-8(16)6-10(17)14(9)18-13(7)11-3-2-4-21-11/h2-6H,1H3,(H,19,20). The Morgan fingerprint density at radius 2 is 2.10 bits per heavy atom. The minimum absolute atomic E-state index is 0.230. The molecule has 0 spiro atoms. The van der Waals surface area contributed by atoms with Crippen LogP contribution in [0.4, 0.5) is 0 Å². The highest BCUT2D eigenvalue weighted by Crippen LogP contribution is 2.35. The van der Waals surface area contributed by atoms with E-state index in [0.29, 0.717) is 27.9 Å². The minimum atomic E-state index is -0.988. The first-order chi connectivity index (χ1) is 9.99. The molecule has 6 heteroatoms. The molecule has 0 radical (unpaired) electrons. The Morgan fingerprint density at radius 3 is 2.71 bits per heavy atom. The molecule has 21 heavy (non-hydrogen) atoms. The van der Waals surface area contributed by atoms with Crippen molar-refractivity contribution in [3.05, 3.63) is 50.6 Å². The summed E-state index contributed by atoms with van der Waals surface area (Å²) >= 11 is 6.82. The van der Waals surface area contributed by atoms with Gasteiger partial charge in [0.1, 0.15) is 5.69 Å². The predicted molar refractivity (Wildman–Crippen MR) is 86.5 cm³/mol. The lowest BCUT2D eigenvalue weighted by Gasteiger charge is -2.12. The van der Waals surface area contributed by atoms with Gasteiger partial charge >= 0.3 is 5.97 Å². The fourth-order valence-corrected chi connectivity index (χ4v) is 3.63. The molecule has 106 valence electrons. The molecule has 0 aliphatic heterocycles. The van der Waals surface area contributed by atoms with E-state index in [4.69, 9.17) is 4.42 Å². The number of benzene rings is 1. The molecule has 0 fully saturated rings. The lowest BCUT2D eigenvalue weighted by Crippen LogP contribution is -2.05. The van der Waals surface area contributed by atoms with Gasteiger partial charge in [-0.15, -0.1) is 0 Å². The Hall–Kier alpha value is -1.66. The average molecular weight is 411 g/mol. The molecule has 2 aromatic heterocycles. The van der Waals surface area contributed by atoms with Crippen LogP contribution in [0.3, 0.4) is 0 Å². The molecular formula is C15H9Br2NO3. The van der Waals surface area contributed by atoms with Crippen molar-refractivity contribution in [2.75, 3.05) is 0 Å². The van der Waals surface area contributed by atoms with Crippen LogP contribution in [-0.2, 0) is 0 Å². The van der Waals surface area contributed by atoms with E-state index in [0.717, 1.165) is 8.95 Å². The van der Waals surface area contributed by atoms with E-state index in [-0.39, 0.29) is 5.56 Å². The summed E-state index contributed by atoms with van der Waals surface area (Å²) in [4.78, 5) is 16.3. The van der Waals surface area contributed by atoms with Crippen LogP contribution < -0.4 is 0 Å². The Labute approximate surface area is 137 Å². The quantitative estimate of drug-likeness (QED) is 0.643. The van der Waals surface area contributed by atoms with Crippen LogP contribution >= 0.6 is 31.9 Å².